The number of carbonyl (C=O) groups is 2. The molecule has 0 radical (unpaired) electrons. The number of carbonyl (C=O) groups excluding carboxylic acids is 2. The Labute approximate surface area is 133 Å². The van der Waals surface area contributed by atoms with Crippen molar-refractivity contribution in [1.82, 2.24) is 5.32 Å². The molecule has 1 aliphatic heterocycles. The number of ether oxygens (including phenoxy) is 1. The molecule has 0 saturated carbocycles. The van der Waals surface area contributed by atoms with Gasteiger partial charge in [0.2, 0.25) is 0 Å². The van der Waals surface area contributed by atoms with Gasteiger partial charge in [0.25, 0.3) is 0 Å². The summed E-state index contributed by atoms with van der Waals surface area (Å²) in [7, 11) is 1.38. The Balaban J connectivity index is 2.21. The van der Waals surface area contributed by atoms with Crippen molar-refractivity contribution in [2.24, 2.45) is 0 Å². The first kappa shape index (κ1) is 15.0. The van der Waals surface area contributed by atoms with Crippen molar-refractivity contribution in [2.75, 3.05) is 7.11 Å². The number of aryl methyl sites for hydroxylation is 1. The van der Waals surface area contributed by atoms with E-state index >= 15 is 0 Å². The minimum Gasteiger partial charge on any atom is -0.466 e. The highest BCUT2D eigenvalue weighted by Crippen LogP contribution is 2.44. The topological polar surface area (TPSA) is 55.4 Å². The number of methoxy groups -OCH3 is 1. The van der Waals surface area contributed by atoms with E-state index in [1.54, 1.807) is 11.3 Å². The summed E-state index contributed by atoms with van der Waals surface area (Å²) in [5.74, 6) is -0.523. The maximum absolute atomic E-state index is 12.5. The standard InChI is InChI=1S/C17H19NO3S/c1-9-7-8-22-16(9)15-13(17(20)21-3)10(2)18-11-5-4-6-12(19)14(11)15/h7-8,15,18H,4-6H2,1-3H3. The van der Waals surface area contributed by atoms with E-state index in [1.807, 2.05) is 25.3 Å². The highest BCUT2D eigenvalue weighted by Gasteiger charge is 2.39. The number of dihydropyridines is 1. The third-order valence-corrected chi connectivity index (χ3v) is 5.43. The molecule has 1 aliphatic carbocycles. The SMILES string of the molecule is COC(=O)C1=C(C)NC2=C(C(=O)CCC2)C1c1sccc1C. The molecule has 0 saturated heterocycles. The second-order valence-electron chi connectivity index (χ2n) is 5.73. The summed E-state index contributed by atoms with van der Waals surface area (Å²) >= 11 is 1.59. The van der Waals surface area contributed by atoms with E-state index in [-0.39, 0.29) is 17.7 Å². The summed E-state index contributed by atoms with van der Waals surface area (Å²) in [6.07, 6.45) is 2.27. The zero-order valence-electron chi connectivity index (χ0n) is 13.0. The normalized spacial score (nSPS) is 21.6. The molecule has 4 nitrogen and oxygen atoms in total. The maximum Gasteiger partial charge on any atom is 0.336 e. The molecular weight excluding hydrogens is 298 g/mol. The van der Waals surface area contributed by atoms with Crippen LogP contribution in [-0.2, 0) is 14.3 Å². The Morgan fingerprint density at radius 2 is 2.14 bits per heavy atom. The molecule has 0 amide bonds. The molecule has 1 atom stereocenters. The minimum absolute atomic E-state index is 0.139. The fraction of sp³-hybridized carbons (Fsp3) is 0.412. The molecule has 1 unspecified atom stereocenters. The van der Waals surface area contributed by atoms with Crippen molar-refractivity contribution < 1.29 is 14.3 Å². The average Bonchev–Trinajstić information content (AvgIpc) is 2.91. The summed E-state index contributed by atoms with van der Waals surface area (Å²) in [6, 6.07) is 2.03. The van der Waals surface area contributed by atoms with Crippen LogP contribution in [0.2, 0.25) is 0 Å². The van der Waals surface area contributed by atoms with Crippen molar-refractivity contribution in [3.8, 4) is 0 Å². The summed E-state index contributed by atoms with van der Waals surface area (Å²) in [6.45, 7) is 3.90. The second-order valence-corrected chi connectivity index (χ2v) is 6.67. The van der Waals surface area contributed by atoms with Gasteiger partial charge >= 0.3 is 5.97 Å². The lowest BCUT2D eigenvalue weighted by atomic mass is 9.77. The molecule has 2 aliphatic rings. The number of Topliss-reactive ketones (excluding diaryl/α,β-unsaturated/α-hetero) is 1. The molecule has 1 aromatic heterocycles. The number of thiophene rings is 1. The van der Waals surface area contributed by atoms with Gasteiger partial charge in [-0.2, -0.15) is 0 Å². The van der Waals surface area contributed by atoms with Crippen LogP contribution in [0.1, 0.15) is 42.5 Å². The van der Waals surface area contributed by atoms with Crippen LogP contribution in [0, 0.1) is 6.92 Å². The van der Waals surface area contributed by atoms with Crippen molar-refractivity contribution in [2.45, 2.75) is 39.0 Å². The van der Waals surface area contributed by atoms with E-state index in [1.165, 1.54) is 7.11 Å². The number of hydrogen-bond donors (Lipinski definition) is 1. The van der Waals surface area contributed by atoms with Gasteiger partial charge in [-0.3, -0.25) is 4.79 Å². The second kappa shape index (κ2) is 5.72. The van der Waals surface area contributed by atoms with Crippen LogP contribution in [0.15, 0.2) is 34.0 Å². The van der Waals surface area contributed by atoms with E-state index in [0.29, 0.717) is 12.0 Å². The van der Waals surface area contributed by atoms with Gasteiger partial charge in [0.15, 0.2) is 5.78 Å². The molecule has 0 aromatic carbocycles. The number of esters is 1. The first-order valence-corrected chi connectivity index (χ1v) is 8.29. The van der Waals surface area contributed by atoms with E-state index in [0.717, 1.165) is 40.2 Å². The van der Waals surface area contributed by atoms with Gasteiger partial charge in [-0.05, 0) is 43.7 Å². The first-order valence-electron chi connectivity index (χ1n) is 7.41. The lowest BCUT2D eigenvalue weighted by molar-refractivity contribution is -0.136. The molecule has 0 fully saturated rings. The van der Waals surface area contributed by atoms with E-state index in [4.69, 9.17) is 4.74 Å². The van der Waals surface area contributed by atoms with E-state index in [9.17, 15) is 9.59 Å². The molecule has 0 spiro atoms. The molecule has 1 N–H and O–H groups in total. The molecule has 0 bridgehead atoms. The molecule has 5 heteroatoms. The fourth-order valence-electron chi connectivity index (χ4n) is 3.31. The average molecular weight is 317 g/mol. The predicted molar refractivity (Wildman–Crippen MR) is 85.5 cm³/mol. The van der Waals surface area contributed by atoms with E-state index < -0.39 is 0 Å². The summed E-state index contributed by atoms with van der Waals surface area (Å²) < 4.78 is 4.98. The monoisotopic (exact) mass is 317 g/mol. The van der Waals surface area contributed by atoms with Crippen LogP contribution < -0.4 is 5.32 Å². The first-order chi connectivity index (χ1) is 10.5. The van der Waals surface area contributed by atoms with E-state index in [2.05, 4.69) is 5.32 Å². The van der Waals surface area contributed by atoms with Gasteiger partial charge in [0.1, 0.15) is 0 Å². The molecular formula is C17H19NO3S. The third-order valence-electron chi connectivity index (χ3n) is 4.35. The smallest absolute Gasteiger partial charge is 0.336 e. The Hall–Kier alpha value is -1.88. The van der Waals surface area contributed by atoms with Gasteiger partial charge in [0.05, 0.1) is 18.6 Å². The summed E-state index contributed by atoms with van der Waals surface area (Å²) in [5.41, 5.74) is 4.18. The Kier molecular flexibility index (Phi) is 3.91. The number of nitrogens with one attached hydrogen (secondary N) is 1. The summed E-state index contributed by atoms with van der Waals surface area (Å²) in [4.78, 5) is 25.9. The number of hydrogen-bond acceptors (Lipinski definition) is 5. The van der Waals surface area contributed by atoms with Crippen LogP contribution in [0.3, 0.4) is 0 Å². The Morgan fingerprint density at radius 1 is 1.36 bits per heavy atom. The van der Waals surface area contributed by atoms with Crippen LogP contribution in [0.25, 0.3) is 0 Å². The molecule has 22 heavy (non-hydrogen) atoms. The zero-order valence-corrected chi connectivity index (χ0v) is 13.8. The van der Waals surface area contributed by atoms with Crippen molar-refractivity contribution in [1.29, 1.82) is 0 Å². The van der Waals surface area contributed by atoms with Crippen molar-refractivity contribution in [3.63, 3.8) is 0 Å². The highest BCUT2D eigenvalue weighted by atomic mass is 32.1. The van der Waals surface area contributed by atoms with Gasteiger partial charge < -0.3 is 10.1 Å². The minimum atomic E-state index is -0.368. The lowest BCUT2D eigenvalue weighted by Crippen LogP contribution is -2.34. The van der Waals surface area contributed by atoms with Crippen LogP contribution in [-0.4, -0.2) is 18.9 Å². The van der Waals surface area contributed by atoms with Crippen LogP contribution >= 0.6 is 11.3 Å². The molecule has 1 aromatic rings. The maximum atomic E-state index is 12.5. The third kappa shape index (κ3) is 2.29. The van der Waals surface area contributed by atoms with Gasteiger partial charge in [0, 0.05) is 28.3 Å². The van der Waals surface area contributed by atoms with Crippen LogP contribution in [0.4, 0.5) is 0 Å². The fourth-order valence-corrected chi connectivity index (χ4v) is 4.35. The summed E-state index contributed by atoms with van der Waals surface area (Å²) in [5, 5.41) is 5.27. The largest absolute Gasteiger partial charge is 0.466 e. The quantitative estimate of drug-likeness (QED) is 0.851. The van der Waals surface area contributed by atoms with Gasteiger partial charge in [-0.1, -0.05) is 0 Å². The van der Waals surface area contributed by atoms with Crippen molar-refractivity contribution in [3.05, 3.63) is 44.4 Å². The molecule has 2 heterocycles. The predicted octanol–water partition coefficient (Wildman–Crippen LogP) is 3.20. The molecule has 116 valence electrons. The van der Waals surface area contributed by atoms with Crippen molar-refractivity contribution >= 4 is 23.1 Å². The number of ketones is 1. The Morgan fingerprint density at radius 3 is 2.77 bits per heavy atom. The zero-order chi connectivity index (χ0) is 15.9. The number of allylic oxidation sites excluding steroid dienone is 3. The van der Waals surface area contributed by atoms with Crippen LogP contribution in [0.5, 0.6) is 0 Å². The molecule has 3 rings (SSSR count). The highest BCUT2D eigenvalue weighted by molar-refractivity contribution is 7.10. The lowest BCUT2D eigenvalue weighted by Gasteiger charge is -2.33. The van der Waals surface area contributed by atoms with Gasteiger partial charge in [-0.15, -0.1) is 11.3 Å². The Bertz CT molecular complexity index is 711. The number of rotatable bonds is 2. The van der Waals surface area contributed by atoms with Gasteiger partial charge in [-0.25, -0.2) is 4.79 Å².